The number of carbonyl (C=O) groups is 1. The number of nitrogens with two attached hydrogens (primary N) is 1. The van der Waals surface area contributed by atoms with E-state index in [0.29, 0.717) is 11.0 Å². The van der Waals surface area contributed by atoms with Crippen molar-refractivity contribution in [3.8, 4) is 6.07 Å². The van der Waals surface area contributed by atoms with Gasteiger partial charge in [0.15, 0.2) is 11.3 Å². The molecule has 0 unspecified atom stereocenters. The third kappa shape index (κ3) is 1.50. The van der Waals surface area contributed by atoms with Crippen molar-refractivity contribution in [2.45, 2.75) is 6.54 Å². The van der Waals surface area contributed by atoms with Gasteiger partial charge in [-0.3, -0.25) is 4.79 Å². The van der Waals surface area contributed by atoms with Crippen LogP contribution in [0, 0.1) is 11.3 Å². The molecule has 0 aromatic carbocycles. The van der Waals surface area contributed by atoms with Crippen molar-refractivity contribution in [2.75, 3.05) is 0 Å². The lowest BCUT2D eigenvalue weighted by Crippen LogP contribution is -2.19. The van der Waals surface area contributed by atoms with Crippen LogP contribution in [-0.4, -0.2) is 20.7 Å². The summed E-state index contributed by atoms with van der Waals surface area (Å²) in [6.45, 7) is -0.0742. The third-order valence-corrected chi connectivity index (χ3v) is 1.92. The van der Waals surface area contributed by atoms with Crippen molar-refractivity contribution in [3.05, 3.63) is 24.0 Å². The molecular formula is C9H7N5O. The van der Waals surface area contributed by atoms with E-state index in [9.17, 15) is 4.79 Å². The molecule has 0 saturated carbocycles. The summed E-state index contributed by atoms with van der Waals surface area (Å²) in [6, 6.07) is 5.37. The molecule has 2 N–H and O–H groups in total. The minimum atomic E-state index is -0.519. The summed E-state index contributed by atoms with van der Waals surface area (Å²) in [5, 5.41) is 13.4. The summed E-state index contributed by atoms with van der Waals surface area (Å²) < 4.78 is 1.33. The van der Waals surface area contributed by atoms with Gasteiger partial charge in [0.1, 0.15) is 12.6 Å². The molecule has 0 atom stereocenters. The molecule has 2 heterocycles. The first-order valence-electron chi connectivity index (χ1n) is 4.22. The SMILES string of the molecule is N#Cc1nn(CC(N)=O)c2ncccc12. The predicted molar refractivity (Wildman–Crippen MR) is 51.4 cm³/mol. The summed E-state index contributed by atoms with van der Waals surface area (Å²) in [4.78, 5) is 14.8. The second kappa shape index (κ2) is 3.38. The molecule has 0 aliphatic carbocycles. The fourth-order valence-corrected chi connectivity index (χ4v) is 1.35. The van der Waals surface area contributed by atoms with Gasteiger partial charge in [-0.2, -0.15) is 10.4 Å². The zero-order chi connectivity index (χ0) is 10.8. The lowest BCUT2D eigenvalue weighted by Gasteiger charge is -1.96. The van der Waals surface area contributed by atoms with Gasteiger partial charge in [0.25, 0.3) is 0 Å². The highest BCUT2D eigenvalue weighted by Crippen LogP contribution is 2.14. The van der Waals surface area contributed by atoms with Crippen molar-refractivity contribution in [3.63, 3.8) is 0 Å². The van der Waals surface area contributed by atoms with E-state index in [-0.39, 0.29) is 12.2 Å². The van der Waals surface area contributed by atoms with E-state index in [4.69, 9.17) is 11.0 Å². The van der Waals surface area contributed by atoms with Crippen LogP contribution in [0.5, 0.6) is 0 Å². The van der Waals surface area contributed by atoms with Gasteiger partial charge in [0, 0.05) is 6.20 Å². The summed E-state index contributed by atoms with van der Waals surface area (Å²) in [6.07, 6.45) is 1.57. The lowest BCUT2D eigenvalue weighted by atomic mass is 10.3. The van der Waals surface area contributed by atoms with Gasteiger partial charge < -0.3 is 5.73 Å². The van der Waals surface area contributed by atoms with Crippen LogP contribution >= 0.6 is 0 Å². The number of fused-ring (bicyclic) bond motifs is 1. The number of carbonyl (C=O) groups excluding carboxylic acids is 1. The molecule has 0 fully saturated rings. The highest BCUT2D eigenvalue weighted by molar-refractivity contribution is 5.82. The maximum Gasteiger partial charge on any atom is 0.239 e. The Morgan fingerprint density at radius 2 is 2.47 bits per heavy atom. The van der Waals surface area contributed by atoms with E-state index in [1.54, 1.807) is 18.3 Å². The number of pyridine rings is 1. The quantitative estimate of drug-likeness (QED) is 0.726. The van der Waals surface area contributed by atoms with Crippen molar-refractivity contribution in [1.82, 2.24) is 14.8 Å². The number of amides is 1. The number of primary amides is 1. The molecule has 0 aliphatic heterocycles. The molecule has 0 aliphatic rings. The zero-order valence-electron chi connectivity index (χ0n) is 7.71. The molecule has 6 nitrogen and oxygen atoms in total. The Bertz CT molecular complexity index is 565. The summed E-state index contributed by atoms with van der Waals surface area (Å²) in [7, 11) is 0. The summed E-state index contributed by atoms with van der Waals surface area (Å²) in [5.41, 5.74) is 5.80. The van der Waals surface area contributed by atoms with Gasteiger partial charge in [-0.1, -0.05) is 0 Å². The average molecular weight is 201 g/mol. The first kappa shape index (κ1) is 9.15. The van der Waals surface area contributed by atoms with Crippen molar-refractivity contribution >= 4 is 16.9 Å². The van der Waals surface area contributed by atoms with E-state index < -0.39 is 5.91 Å². The van der Waals surface area contributed by atoms with Gasteiger partial charge in [0.05, 0.1) is 5.39 Å². The van der Waals surface area contributed by atoms with Crippen LogP contribution < -0.4 is 5.73 Å². The molecule has 0 saturated heterocycles. The van der Waals surface area contributed by atoms with Crippen molar-refractivity contribution in [2.24, 2.45) is 5.73 Å². The Hall–Kier alpha value is -2.42. The van der Waals surface area contributed by atoms with Crippen LogP contribution in [0.25, 0.3) is 11.0 Å². The first-order valence-corrected chi connectivity index (χ1v) is 4.22. The smallest absolute Gasteiger partial charge is 0.239 e. The van der Waals surface area contributed by atoms with Crippen LogP contribution in [0.1, 0.15) is 5.69 Å². The molecule has 15 heavy (non-hydrogen) atoms. The van der Waals surface area contributed by atoms with Gasteiger partial charge in [-0.25, -0.2) is 9.67 Å². The molecule has 2 rings (SSSR count). The van der Waals surface area contributed by atoms with E-state index in [2.05, 4.69) is 10.1 Å². The first-order chi connectivity index (χ1) is 7.22. The predicted octanol–water partition coefficient (Wildman–Crippen LogP) is -0.212. The minimum absolute atomic E-state index is 0.0742. The number of hydrogen-bond donors (Lipinski definition) is 1. The van der Waals surface area contributed by atoms with Crippen LogP contribution in [0.15, 0.2) is 18.3 Å². The van der Waals surface area contributed by atoms with E-state index in [1.165, 1.54) is 4.68 Å². The van der Waals surface area contributed by atoms with Gasteiger partial charge in [-0.15, -0.1) is 0 Å². The molecule has 2 aromatic heterocycles. The Labute approximate surface area is 84.9 Å². The van der Waals surface area contributed by atoms with Crippen LogP contribution in [-0.2, 0) is 11.3 Å². The Morgan fingerprint density at radius 1 is 1.67 bits per heavy atom. The van der Waals surface area contributed by atoms with Gasteiger partial charge in [-0.05, 0) is 12.1 Å². The second-order valence-corrected chi connectivity index (χ2v) is 2.96. The van der Waals surface area contributed by atoms with Gasteiger partial charge in [0.2, 0.25) is 5.91 Å². The van der Waals surface area contributed by atoms with Crippen molar-refractivity contribution < 1.29 is 4.79 Å². The second-order valence-electron chi connectivity index (χ2n) is 2.96. The van der Waals surface area contributed by atoms with E-state index in [1.807, 2.05) is 6.07 Å². The van der Waals surface area contributed by atoms with Gasteiger partial charge >= 0.3 is 0 Å². The van der Waals surface area contributed by atoms with Crippen LogP contribution in [0.3, 0.4) is 0 Å². The molecule has 1 amide bonds. The molecule has 6 heteroatoms. The number of hydrogen-bond acceptors (Lipinski definition) is 4. The topological polar surface area (TPSA) is 97.6 Å². The maximum atomic E-state index is 10.8. The van der Waals surface area contributed by atoms with Crippen molar-refractivity contribution in [1.29, 1.82) is 5.26 Å². The third-order valence-electron chi connectivity index (χ3n) is 1.92. The zero-order valence-corrected chi connectivity index (χ0v) is 7.71. The number of nitriles is 1. The average Bonchev–Trinajstić information content (AvgIpc) is 2.56. The van der Waals surface area contributed by atoms with E-state index in [0.717, 1.165) is 0 Å². The standard InChI is InChI=1S/C9H7N5O/c10-4-7-6-2-1-3-12-9(6)14(13-7)5-8(11)15/h1-3H,5H2,(H2,11,15). The molecule has 0 spiro atoms. The molecular weight excluding hydrogens is 194 g/mol. The number of rotatable bonds is 2. The summed E-state index contributed by atoms with van der Waals surface area (Å²) in [5.74, 6) is -0.519. The monoisotopic (exact) mass is 201 g/mol. The molecule has 0 radical (unpaired) electrons. The van der Waals surface area contributed by atoms with E-state index >= 15 is 0 Å². The Balaban J connectivity index is 2.66. The molecule has 0 bridgehead atoms. The maximum absolute atomic E-state index is 10.8. The lowest BCUT2D eigenvalue weighted by molar-refractivity contribution is -0.118. The van der Waals surface area contributed by atoms with Crippen LogP contribution in [0.4, 0.5) is 0 Å². The molecule has 2 aromatic rings. The van der Waals surface area contributed by atoms with Crippen LogP contribution in [0.2, 0.25) is 0 Å². The minimum Gasteiger partial charge on any atom is -0.368 e. The number of nitrogens with zero attached hydrogens (tertiary/aromatic N) is 4. The highest BCUT2D eigenvalue weighted by atomic mass is 16.1. The largest absolute Gasteiger partial charge is 0.368 e. The highest BCUT2D eigenvalue weighted by Gasteiger charge is 2.11. The fraction of sp³-hybridized carbons (Fsp3) is 0.111. The summed E-state index contributed by atoms with van der Waals surface area (Å²) >= 11 is 0. The molecule has 74 valence electrons. The Morgan fingerprint density at radius 3 is 3.13 bits per heavy atom. The Kier molecular flexibility index (Phi) is 2.06. The fourth-order valence-electron chi connectivity index (χ4n) is 1.35. The number of aromatic nitrogens is 3. The normalized spacial score (nSPS) is 10.1.